The van der Waals surface area contributed by atoms with E-state index >= 15 is 0 Å². The normalized spacial score (nSPS) is 12.3. The molecule has 0 spiro atoms. The maximum absolute atomic E-state index is 5.44. The van der Waals surface area contributed by atoms with Gasteiger partial charge in [-0.05, 0) is 50.2 Å². The lowest BCUT2D eigenvalue weighted by atomic mass is 10.1. The molecule has 1 aromatic carbocycles. The van der Waals surface area contributed by atoms with Crippen LogP contribution in [-0.4, -0.2) is 30.3 Å². The van der Waals surface area contributed by atoms with Gasteiger partial charge in [-0.15, -0.1) is 11.3 Å². The molecule has 1 N–H and O–H groups in total. The summed E-state index contributed by atoms with van der Waals surface area (Å²) in [5.41, 5.74) is 2.33. The van der Waals surface area contributed by atoms with Crippen molar-refractivity contribution in [3.8, 4) is 27.6 Å². The second-order valence-electron chi connectivity index (χ2n) is 5.72. The van der Waals surface area contributed by atoms with Gasteiger partial charge in [0.15, 0.2) is 5.82 Å². The van der Waals surface area contributed by atoms with Crippen molar-refractivity contribution in [2.24, 2.45) is 0 Å². The average molecular weight is 343 g/mol. The van der Waals surface area contributed by atoms with Gasteiger partial charge in [0.1, 0.15) is 5.75 Å². The number of nitrogens with one attached hydrogen (secondary N) is 1. The molecule has 0 aliphatic rings. The van der Waals surface area contributed by atoms with Gasteiger partial charge in [0, 0.05) is 17.3 Å². The van der Waals surface area contributed by atoms with Crippen LogP contribution < -0.4 is 10.1 Å². The Hall–Kier alpha value is -2.18. The number of aromatic nitrogens is 2. The molecule has 0 aliphatic carbocycles. The fourth-order valence-corrected chi connectivity index (χ4v) is 3.42. The van der Waals surface area contributed by atoms with Crippen molar-refractivity contribution in [2.75, 3.05) is 14.2 Å². The molecule has 2 aromatic heterocycles. The molecular weight excluding hydrogens is 322 g/mol. The molecule has 0 bridgehead atoms. The van der Waals surface area contributed by atoms with Crippen molar-refractivity contribution < 1.29 is 9.26 Å². The highest BCUT2D eigenvalue weighted by molar-refractivity contribution is 7.15. The molecule has 0 aliphatic heterocycles. The smallest absolute Gasteiger partial charge is 0.268 e. The lowest BCUT2D eigenvalue weighted by molar-refractivity contribution is 0.415. The fourth-order valence-electron chi connectivity index (χ4n) is 2.46. The molecule has 1 atom stereocenters. The molecule has 2 heterocycles. The Morgan fingerprint density at radius 3 is 2.71 bits per heavy atom. The highest BCUT2D eigenvalue weighted by Gasteiger charge is 2.16. The molecule has 24 heavy (non-hydrogen) atoms. The van der Waals surface area contributed by atoms with E-state index in [1.165, 1.54) is 10.4 Å². The van der Waals surface area contributed by atoms with Crippen molar-refractivity contribution in [1.29, 1.82) is 0 Å². The molecule has 5 nitrogen and oxygen atoms in total. The third-order valence-electron chi connectivity index (χ3n) is 3.98. The third kappa shape index (κ3) is 3.49. The van der Waals surface area contributed by atoms with E-state index in [0.717, 1.165) is 28.4 Å². The number of hydrogen-bond acceptors (Lipinski definition) is 6. The standard InChI is InChI=1S/C18H21N3O2S/c1-11(19-3)9-17-20-18(23-21-17)16-10-15(12(2)24-16)13-5-7-14(22-4)8-6-13/h5-8,10-11,19H,9H2,1-4H3. The van der Waals surface area contributed by atoms with Gasteiger partial charge in [-0.3, -0.25) is 0 Å². The zero-order valence-electron chi connectivity index (χ0n) is 14.3. The van der Waals surface area contributed by atoms with Crippen molar-refractivity contribution in [3.05, 3.63) is 41.0 Å². The molecule has 3 aromatic rings. The number of hydrogen-bond donors (Lipinski definition) is 1. The summed E-state index contributed by atoms with van der Waals surface area (Å²) >= 11 is 1.67. The first kappa shape index (κ1) is 16.7. The minimum absolute atomic E-state index is 0.315. The van der Waals surface area contributed by atoms with Gasteiger partial charge in [-0.1, -0.05) is 17.3 Å². The Bertz CT molecular complexity index is 808. The summed E-state index contributed by atoms with van der Waals surface area (Å²) in [5.74, 6) is 2.16. The zero-order chi connectivity index (χ0) is 17.1. The molecule has 0 saturated heterocycles. The number of methoxy groups -OCH3 is 1. The maximum atomic E-state index is 5.44. The number of aryl methyl sites for hydroxylation is 1. The predicted octanol–water partition coefficient (Wildman–Crippen LogP) is 3.93. The maximum Gasteiger partial charge on any atom is 0.268 e. The van der Waals surface area contributed by atoms with Crippen molar-refractivity contribution in [1.82, 2.24) is 15.5 Å². The van der Waals surface area contributed by atoms with Crippen LogP contribution in [0.4, 0.5) is 0 Å². The van der Waals surface area contributed by atoms with Crippen LogP contribution in [0.2, 0.25) is 0 Å². The number of benzene rings is 1. The van der Waals surface area contributed by atoms with E-state index in [1.807, 2.05) is 19.2 Å². The molecular formula is C18H21N3O2S. The first-order chi connectivity index (χ1) is 11.6. The SMILES string of the molecule is CNC(C)Cc1noc(-c2cc(-c3ccc(OC)cc3)c(C)s2)n1. The lowest BCUT2D eigenvalue weighted by Crippen LogP contribution is -2.24. The Kier molecular flexibility index (Phi) is 4.97. The van der Waals surface area contributed by atoms with Crippen LogP contribution in [0.15, 0.2) is 34.9 Å². The first-order valence-electron chi connectivity index (χ1n) is 7.85. The first-order valence-corrected chi connectivity index (χ1v) is 8.67. The highest BCUT2D eigenvalue weighted by atomic mass is 32.1. The Labute approximate surface area is 145 Å². The van der Waals surface area contributed by atoms with E-state index in [0.29, 0.717) is 11.9 Å². The van der Waals surface area contributed by atoms with E-state index in [4.69, 9.17) is 9.26 Å². The van der Waals surface area contributed by atoms with E-state index in [1.54, 1.807) is 18.4 Å². The summed E-state index contributed by atoms with van der Waals surface area (Å²) in [6.45, 7) is 4.20. The average Bonchev–Trinajstić information content (AvgIpc) is 3.21. The van der Waals surface area contributed by atoms with Gasteiger partial charge in [-0.2, -0.15) is 4.98 Å². The van der Waals surface area contributed by atoms with Crippen LogP contribution in [0.1, 0.15) is 17.6 Å². The molecule has 0 fully saturated rings. The summed E-state index contributed by atoms with van der Waals surface area (Å²) < 4.78 is 10.7. The van der Waals surface area contributed by atoms with Gasteiger partial charge in [0.2, 0.25) is 0 Å². The second-order valence-corrected chi connectivity index (χ2v) is 6.97. The molecule has 3 rings (SSSR count). The highest BCUT2D eigenvalue weighted by Crippen LogP contribution is 2.36. The van der Waals surface area contributed by atoms with E-state index in [-0.39, 0.29) is 0 Å². The Morgan fingerprint density at radius 1 is 1.29 bits per heavy atom. The number of rotatable bonds is 6. The van der Waals surface area contributed by atoms with Crippen LogP contribution in [0.5, 0.6) is 5.75 Å². The number of ether oxygens (including phenoxy) is 1. The summed E-state index contributed by atoms with van der Waals surface area (Å²) in [6, 6.07) is 10.5. The molecule has 126 valence electrons. The van der Waals surface area contributed by atoms with Crippen LogP contribution in [0, 0.1) is 6.92 Å². The van der Waals surface area contributed by atoms with E-state index in [9.17, 15) is 0 Å². The van der Waals surface area contributed by atoms with Crippen LogP contribution >= 0.6 is 11.3 Å². The molecule has 0 amide bonds. The molecule has 1 unspecified atom stereocenters. The fraction of sp³-hybridized carbons (Fsp3) is 0.333. The summed E-state index contributed by atoms with van der Waals surface area (Å²) in [4.78, 5) is 6.73. The van der Waals surface area contributed by atoms with Crippen molar-refractivity contribution in [3.63, 3.8) is 0 Å². The molecule has 0 saturated carbocycles. The third-order valence-corrected chi connectivity index (χ3v) is 5.02. The van der Waals surface area contributed by atoms with Gasteiger partial charge in [0.25, 0.3) is 5.89 Å². The van der Waals surface area contributed by atoms with Crippen LogP contribution in [-0.2, 0) is 6.42 Å². The second kappa shape index (κ2) is 7.15. The minimum atomic E-state index is 0.315. The number of nitrogens with zero attached hydrogens (tertiary/aromatic N) is 2. The van der Waals surface area contributed by atoms with Crippen LogP contribution in [0.3, 0.4) is 0 Å². The van der Waals surface area contributed by atoms with Gasteiger partial charge in [0.05, 0.1) is 12.0 Å². The van der Waals surface area contributed by atoms with Gasteiger partial charge in [-0.25, -0.2) is 0 Å². The molecule has 6 heteroatoms. The topological polar surface area (TPSA) is 60.2 Å². The van der Waals surface area contributed by atoms with E-state index in [2.05, 4.69) is 47.5 Å². The summed E-state index contributed by atoms with van der Waals surface area (Å²) in [6.07, 6.45) is 0.746. The van der Waals surface area contributed by atoms with Crippen molar-refractivity contribution in [2.45, 2.75) is 26.3 Å². The summed E-state index contributed by atoms with van der Waals surface area (Å²) in [7, 11) is 3.60. The largest absolute Gasteiger partial charge is 0.497 e. The quantitative estimate of drug-likeness (QED) is 0.735. The van der Waals surface area contributed by atoms with Crippen LogP contribution in [0.25, 0.3) is 21.9 Å². The van der Waals surface area contributed by atoms with Gasteiger partial charge < -0.3 is 14.6 Å². The minimum Gasteiger partial charge on any atom is -0.497 e. The number of likely N-dealkylation sites (N-methyl/N-ethyl adjacent to an activating group) is 1. The monoisotopic (exact) mass is 343 g/mol. The lowest BCUT2D eigenvalue weighted by Gasteiger charge is -2.04. The van der Waals surface area contributed by atoms with E-state index < -0.39 is 0 Å². The Balaban J connectivity index is 1.85. The predicted molar refractivity (Wildman–Crippen MR) is 96.6 cm³/mol. The summed E-state index contributed by atoms with van der Waals surface area (Å²) in [5, 5.41) is 7.26. The Morgan fingerprint density at radius 2 is 2.04 bits per heavy atom. The number of thiophene rings is 1. The van der Waals surface area contributed by atoms with Crippen molar-refractivity contribution >= 4 is 11.3 Å². The van der Waals surface area contributed by atoms with Gasteiger partial charge >= 0.3 is 0 Å². The zero-order valence-corrected chi connectivity index (χ0v) is 15.1. The molecule has 0 radical (unpaired) electrons.